The molecule has 1 aliphatic rings. The van der Waals surface area contributed by atoms with Gasteiger partial charge < -0.3 is 20.9 Å². The highest BCUT2D eigenvalue weighted by Crippen LogP contribution is 2.30. The van der Waals surface area contributed by atoms with Gasteiger partial charge in [-0.15, -0.1) is 0 Å². The Kier molecular flexibility index (Phi) is 6.73. The van der Waals surface area contributed by atoms with Gasteiger partial charge in [-0.05, 0) is 49.1 Å². The summed E-state index contributed by atoms with van der Waals surface area (Å²) in [5.74, 6) is -0.444. The third kappa shape index (κ3) is 4.51. The third-order valence-corrected chi connectivity index (χ3v) is 6.72. The van der Waals surface area contributed by atoms with E-state index in [0.717, 1.165) is 16.7 Å². The smallest absolute Gasteiger partial charge is 0.277 e. The Morgan fingerprint density at radius 1 is 1.22 bits per heavy atom. The first-order chi connectivity index (χ1) is 17.1. The van der Waals surface area contributed by atoms with Crippen LogP contribution in [0, 0.1) is 13.8 Å². The number of hydrogen-bond donors (Lipinski definition) is 2. The molecule has 3 amide bonds. The molecule has 1 atom stereocenters. The Morgan fingerprint density at radius 3 is 2.67 bits per heavy atom. The Bertz CT molecular complexity index is 1380. The second kappa shape index (κ2) is 9.76. The molecular formula is C25H30N8O3. The molecule has 1 saturated heterocycles. The number of hydrogen-bond acceptors (Lipinski definition) is 7. The van der Waals surface area contributed by atoms with E-state index in [1.165, 1.54) is 12.4 Å². The molecule has 11 heteroatoms. The van der Waals surface area contributed by atoms with Crippen molar-refractivity contribution in [3.63, 3.8) is 0 Å². The predicted octanol–water partition coefficient (Wildman–Crippen LogP) is 1.87. The number of carbonyl (C=O) groups is 3. The largest absolute Gasteiger partial charge is 0.383 e. The second-order valence-electron chi connectivity index (χ2n) is 9.12. The minimum Gasteiger partial charge on any atom is -0.383 e. The molecule has 0 spiro atoms. The average molecular weight is 491 g/mol. The van der Waals surface area contributed by atoms with E-state index in [9.17, 15) is 14.4 Å². The maximum Gasteiger partial charge on any atom is 0.277 e. The lowest BCUT2D eigenvalue weighted by atomic mass is 9.98. The van der Waals surface area contributed by atoms with Crippen molar-refractivity contribution in [3.05, 3.63) is 53.5 Å². The summed E-state index contributed by atoms with van der Waals surface area (Å²) in [5.41, 5.74) is 9.99. The topological polar surface area (TPSA) is 139 Å². The minimum absolute atomic E-state index is 0.00189. The number of fused-ring (bicyclic) bond motifs is 1. The Labute approximate surface area is 209 Å². The van der Waals surface area contributed by atoms with Crippen LogP contribution in [-0.4, -0.2) is 74.5 Å². The van der Waals surface area contributed by atoms with E-state index in [-0.39, 0.29) is 35.8 Å². The summed E-state index contributed by atoms with van der Waals surface area (Å²) in [6.45, 7) is 8.36. The SMILES string of the molecule is C=CC(=O)N1CCC(n2nc(C(=O)Nc3ccc(CC(=O)N(C)C)c(C)c3C)c3c(N)ncnc32)C1. The van der Waals surface area contributed by atoms with Gasteiger partial charge in [-0.2, -0.15) is 5.10 Å². The van der Waals surface area contributed by atoms with Gasteiger partial charge in [0.1, 0.15) is 12.1 Å². The van der Waals surface area contributed by atoms with Crippen LogP contribution in [0.1, 0.15) is 39.6 Å². The van der Waals surface area contributed by atoms with Gasteiger partial charge in [0.2, 0.25) is 11.8 Å². The van der Waals surface area contributed by atoms with E-state index in [2.05, 4.69) is 27.0 Å². The molecule has 4 rings (SSSR count). The highest BCUT2D eigenvalue weighted by molar-refractivity contribution is 6.13. The van der Waals surface area contributed by atoms with Crippen molar-refractivity contribution in [2.45, 2.75) is 32.7 Å². The summed E-state index contributed by atoms with van der Waals surface area (Å²) < 4.78 is 1.66. The lowest BCUT2D eigenvalue weighted by Gasteiger charge is -2.16. The van der Waals surface area contributed by atoms with Crippen molar-refractivity contribution in [3.8, 4) is 0 Å². The van der Waals surface area contributed by atoms with Crippen LogP contribution < -0.4 is 11.1 Å². The van der Waals surface area contributed by atoms with Gasteiger partial charge in [-0.25, -0.2) is 14.6 Å². The molecule has 1 fully saturated rings. The number of rotatable bonds is 6. The molecule has 0 saturated carbocycles. The first kappa shape index (κ1) is 24.8. The molecule has 3 aromatic rings. The molecule has 1 unspecified atom stereocenters. The van der Waals surface area contributed by atoms with Gasteiger partial charge in [0.15, 0.2) is 11.3 Å². The minimum atomic E-state index is -0.447. The van der Waals surface area contributed by atoms with Crippen molar-refractivity contribution >= 4 is 40.3 Å². The number of benzene rings is 1. The van der Waals surface area contributed by atoms with E-state index >= 15 is 0 Å². The molecule has 0 aliphatic carbocycles. The summed E-state index contributed by atoms with van der Waals surface area (Å²) >= 11 is 0. The highest BCUT2D eigenvalue weighted by Gasteiger charge is 2.31. The average Bonchev–Trinajstić information content (AvgIpc) is 3.49. The number of carbonyl (C=O) groups excluding carboxylic acids is 3. The van der Waals surface area contributed by atoms with Gasteiger partial charge in [0.25, 0.3) is 5.91 Å². The van der Waals surface area contributed by atoms with Gasteiger partial charge in [0, 0.05) is 32.9 Å². The maximum absolute atomic E-state index is 13.4. The number of anilines is 2. The number of likely N-dealkylation sites (N-methyl/N-ethyl adjacent to an activating group) is 1. The van der Waals surface area contributed by atoms with Crippen LogP contribution in [0.15, 0.2) is 31.1 Å². The van der Waals surface area contributed by atoms with Crippen LogP contribution in [0.2, 0.25) is 0 Å². The molecule has 0 bridgehead atoms. The molecule has 3 heterocycles. The molecule has 188 valence electrons. The van der Waals surface area contributed by atoms with Crippen LogP contribution in [-0.2, 0) is 16.0 Å². The normalized spacial score (nSPS) is 15.2. The molecule has 1 aromatic carbocycles. The van der Waals surface area contributed by atoms with Crippen molar-refractivity contribution in [1.29, 1.82) is 0 Å². The summed E-state index contributed by atoms with van der Waals surface area (Å²) in [6, 6.07) is 3.47. The summed E-state index contributed by atoms with van der Waals surface area (Å²) in [4.78, 5) is 49.3. The molecule has 36 heavy (non-hydrogen) atoms. The van der Waals surface area contributed by atoms with E-state index in [1.807, 2.05) is 19.9 Å². The molecular weight excluding hydrogens is 460 g/mol. The predicted molar refractivity (Wildman–Crippen MR) is 136 cm³/mol. The zero-order chi connectivity index (χ0) is 26.1. The fourth-order valence-electron chi connectivity index (χ4n) is 4.39. The number of nitrogens with zero attached hydrogens (tertiary/aromatic N) is 6. The van der Waals surface area contributed by atoms with Crippen LogP contribution >= 0.6 is 0 Å². The van der Waals surface area contributed by atoms with Crippen molar-refractivity contribution in [2.75, 3.05) is 38.2 Å². The van der Waals surface area contributed by atoms with Crippen LogP contribution in [0.4, 0.5) is 11.5 Å². The van der Waals surface area contributed by atoms with E-state index in [0.29, 0.717) is 36.2 Å². The van der Waals surface area contributed by atoms with Crippen LogP contribution in [0.25, 0.3) is 11.0 Å². The number of nitrogens with one attached hydrogen (secondary N) is 1. The second-order valence-corrected chi connectivity index (χ2v) is 9.12. The first-order valence-corrected chi connectivity index (χ1v) is 11.6. The maximum atomic E-state index is 13.4. The molecule has 0 radical (unpaired) electrons. The highest BCUT2D eigenvalue weighted by atomic mass is 16.2. The number of nitrogen functional groups attached to an aromatic ring is 1. The Morgan fingerprint density at radius 2 is 1.97 bits per heavy atom. The molecule has 3 N–H and O–H groups in total. The quantitative estimate of drug-likeness (QED) is 0.503. The van der Waals surface area contributed by atoms with Crippen LogP contribution in [0.5, 0.6) is 0 Å². The monoisotopic (exact) mass is 490 g/mol. The number of likely N-dealkylation sites (tertiary alicyclic amines) is 1. The zero-order valence-electron chi connectivity index (χ0n) is 20.9. The van der Waals surface area contributed by atoms with E-state index in [1.54, 1.807) is 34.6 Å². The summed E-state index contributed by atoms with van der Waals surface area (Å²) in [6.07, 6.45) is 3.56. The molecule has 11 nitrogen and oxygen atoms in total. The molecule has 1 aliphatic heterocycles. The van der Waals surface area contributed by atoms with E-state index < -0.39 is 5.91 Å². The summed E-state index contributed by atoms with van der Waals surface area (Å²) in [7, 11) is 3.44. The zero-order valence-corrected chi connectivity index (χ0v) is 20.9. The van der Waals surface area contributed by atoms with Gasteiger partial charge in [0.05, 0.1) is 17.8 Å². The third-order valence-electron chi connectivity index (χ3n) is 6.72. The van der Waals surface area contributed by atoms with E-state index in [4.69, 9.17) is 5.73 Å². The number of aromatic nitrogens is 4. The molecule has 2 aromatic heterocycles. The van der Waals surface area contributed by atoms with Crippen LogP contribution in [0.3, 0.4) is 0 Å². The fraction of sp³-hybridized carbons (Fsp3) is 0.360. The standard InChI is InChI=1S/C25H30N8O3/c1-6-19(34)32-10-9-17(12-32)33-24-21(23(26)27-13-28-24)22(30-33)25(36)29-18-8-7-16(14(2)15(18)3)11-20(35)31(4)5/h6-8,13,17H,1,9-12H2,2-5H3,(H,29,36)(H2,26,27,28). The Hall–Kier alpha value is -4.28. The fourth-order valence-corrected chi connectivity index (χ4v) is 4.39. The van der Waals surface area contributed by atoms with Crippen molar-refractivity contribution in [2.24, 2.45) is 0 Å². The van der Waals surface area contributed by atoms with Gasteiger partial charge in [-0.1, -0.05) is 12.6 Å². The van der Waals surface area contributed by atoms with Crippen molar-refractivity contribution in [1.82, 2.24) is 29.5 Å². The van der Waals surface area contributed by atoms with Gasteiger partial charge in [-0.3, -0.25) is 14.4 Å². The van der Waals surface area contributed by atoms with Gasteiger partial charge >= 0.3 is 0 Å². The lowest BCUT2D eigenvalue weighted by molar-refractivity contribution is -0.128. The lowest BCUT2D eigenvalue weighted by Crippen LogP contribution is -2.27. The van der Waals surface area contributed by atoms with Crippen molar-refractivity contribution < 1.29 is 14.4 Å². The Balaban J connectivity index is 1.65. The number of amides is 3. The number of nitrogens with two attached hydrogens (primary N) is 1. The summed E-state index contributed by atoms with van der Waals surface area (Å²) in [5, 5.41) is 7.88. The first-order valence-electron chi connectivity index (χ1n) is 11.6.